The summed E-state index contributed by atoms with van der Waals surface area (Å²) in [6, 6.07) is 23.9. The lowest BCUT2D eigenvalue weighted by molar-refractivity contribution is -0.146. The van der Waals surface area contributed by atoms with Gasteiger partial charge in [0.2, 0.25) is 5.82 Å². The number of rotatable bonds is 6. The fourth-order valence-corrected chi connectivity index (χ4v) is 5.04. The highest BCUT2D eigenvalue weighted by atomic mass is 16.5. The highest BCUT2D eigenvalue weighted by Crippen LogP contribution is 2.30. The van der Waals surface area contributed by atoms with Gasteiger partial charge < -0.3 is 13.7 Å². The molecule has 3 aromatic heterocycles. The second kappa shape index (κ2) is 9.72. The molecule has 6 rings (SSSR count). The molecule has 6 aromatic rings. The number of aromatic nitrogens is 3. The molecule has 8 heteroatoms. The van der Waals surface area contributed by atoms with E-state index in [-0.39, 0.29) is 11.5 Å². The zero-order valence-electron chi connectivity index (χ0n) is 21.8. The number of hydrogen-bond acceptors (Lipinski definition) is 6. The van der Waals surface area contributed by atoms with Crippen molar-refractivity contribution in [2.75, 3.05) is 6.61 Å². The maximum atomic E-state index is 13.7. The first kappa shape index (κ1) is 24.4. The van der Waals surface area contributed by atoms with Gasteiger partial charge in [-0.2, -0.15) is 9.78 Å². The van der Waals surface area contributed by atoms with Gasteiger partial charge in [-0.25, -0.2) is 9.78 Å². The number of furan rings is 1. The Morgan fingerprint density at radius 2 is 1.77 bits per heavy atom. The average molecular weight is 519 g/mol. The number of fused-ring (bicyclic) bond motifs is 3. The zero-order chi connectivity index (χ0) is 27.1. The second-order valence-electron chi connectivity index (χ2n) is 9.28. The van der Waals surface area contributed by atoms with Crippen LogP contribution in [0.4, 0.5) is 0 Å². The number of benzene rings is 3. The monoisotopic (exact) mass is 518 g/mol. The van der Waals surface area contributed by atoms with E-state index in [1.54, 1.807) is 31.3 Å². The molecule has 0 unspecified atom stereocenters. The standard InChI is InChI=1S/C31H26N4O4/c1-4-38-31(37)20(3)34-19(2)24(22-12-7-9-15-26(22)34)18-32-35-29(28-17-21-11-5-10-16-27(21)39-28)33-25-14-8-6-13-23(25)30(35)36/h5-18,20H,4H2,1-3H3/t20-/m0/s1. The van der Waals surface area contributed by atoms with E-state index in [4.69, 9.17) is 14.1 Å². The molecule has 0 radical (unpaired) electrons. The van der Waals surface area contributed by atoms with Crippen LogP contribution in [0.1, 0.15) is 31.1 Å². The molecule has 0 aliphatic rings. The summed E-state index contributed by atoms with van der Waals surface area (Å²) in [7, 11) is 0. The van der Waals surface area contributed by atoms with E-state index in [9.17, 15) is 9.59 Å². The first-order valence-corrected chi connectivity index (χ1v) is 12.8. The summed E-state index contributed by atoms with van der Waals surface area (Å²) in [6.45, 7) is 5.84. The molecule has 0 saturated heterocycles. The van der Waals surface area contributed by atoms with Crippen molar-refractivity contribution in [3.05, 3.63) is 100 Å². The Labute approximate surface area is 223 Å². The minimum Gasteiger partial charge on any atom is -0.464 e. The largest absolute Gasteiger partial charge is 0.464 e. The molecule has 3 aromatic carbocycles. The Balaban J connectivity index is 1.55. The molecule has 39 heavy (non-hydrogen) atoms. The Hall–Kier alpha value is -4.98. The van der Waals surface area contributed by atoms with Gasteiger partial charge in [0, 0.05) is 27.5 Å². The smallest absolute Gasteiger partial charge is 0.328 e. The summed E-state index contributed by atoms with van der Waals surface area (Å²) >= 11 is 0. The Morgan fingerprint density at radius 1 is 1.05 bits per heavy atom. The van der Waals surface area contributed by atoms with Gasteiger partial charge in [-0.3, -0.25) is 4.79 Å². The molecule has 0 bridgehead atoms. The number of carbonyl (C=O) groups is 1. The lowest BCUT2D eigenvalue weighted by Crippen LogP contribution is -2.21. The highest BCUT2D eigenvalue weighted by Gasteiger charge is 2.23. The lowest BCUT2D eigenvalue weighted by atomic mass is 10.1. The van der Waals surface area contributed by atoms with Crippen LogP contribution in [0.2, 0.25) is 0 Å². The number of ether oxygens (including phenoxy) is 1. The number of hydrogen-bond donors (Lipinski definition) is 0. The third-order valence-corrected chi connectivity index (χ3v) is 6.92. The summed E-state index contributed by atoms with van der Waals surface area (Å²) in [5.74, 6) is 0.422. The van der Waals surface area contributed by atoms with Crippen LogP contribution in [0.3, 0.4) is 0 Å². The molecule has 0 amide bonds. The van der Waals surface area contributed by atoms with Gasteiger partial charge in [0.15, 0.2) is 5.76 Å². The normalized spacial score (nSPS) is 12.6. The third-order valence-electron chi connectivity index (χ3n) is 6.92. The van der Waals surface area contributed by atoms with E-state index in [0.29, 0.717) is 34.7 Å². The molecule has 194 valence electrons. The van der Waals surface area contributed by atoms with Gasteiger partial charge in [0.1, 0.15) is 11.6 Å². The van der Waals surface area contributed by atoms with E-state index < -0.39 is 6.04 Å². The summed E-state index contributed by atoms with van der Waals surface area (Å²) < 4.78 is 14.6. The van der Waals surface area contributed by atoms with Gasteiger partial charge in [-0.15, -0.1) is 0 Å². The SMILES string of the molecule is CCOC(=O)[C@H](C)n1c(C)c(C=Nn2c(-c3cc4ccccc4o3)nc3ccccc3c2=O)c2ccccc21. The predicted molar refractivity (Wildman–Crippen MR) is 152 cm³/mol. The molecule has 0 N–H and O–H groups in total. The van der Waals surface area contributed by atoms with Gasteiger partial charge in [-0.05, 0) is 51.1 Å². The van der Waals surface area contributed by atoms with Crippen molar-refractivity contribution in [2.45, 2.75) is 26.8 Å². The number of carbonyl (C=O) groups excluding carboxylic acids is 1. The Kier molecular flexibility index (Phi) is 6.07. The van der Waals surface area contributed by atoms with Crippen molar-refractivity contribution in [3.63, 3.8) is 0 Å². The highest BCUT2D eigenvalue weighted by molar-refractivity contribution is 6.02. The van der Waals surface area contributed by atoms with Gasteiger partial charge in [-0.1, -0.05) is 48.5 Å². The quantitative estimate of drug-likeness (QED) is 0.197. The molecule has 3 heterocycles. The van der Waals surface area contributed by atoms with Crippen LogP contribution in [0.5, 0.6) is 0 Å². The second-order valence-corrected chi connectivity index (χ2v) is 9.28. The van der Waals surface area contributed by atoms with Crippen LogP contribution >= 0.6 is 0 Å². The average Bonchev–Trinajstić information content (AvgIpc) is 3.50. The van der Waals surface area contributed by atoms with Gasteiger partial charge in [0.05, 0.1) is 23.7 Å². The Bertz CT molecular complexity index is 1930. The maximum Gasteiger partial charge on any atom is 0.328 e. The zero-order valence-corrected chi connectivity index (χ0v) is 21.8. The van der Waals surface area contributed by atoms with Crippen molar-refractivity contribution >= 4 is 45.0 Å². The maximum absolute atomic E-state index is 13.7. The number of esters is 1. The van der Waals surface area contributed by atoms with Crippen molar-refractivity contribution in [2.24, 2.45) is 5.10 Å². The van der Waals surface area contributed by atoms with Crippen LogP contribution in [0, 0.1) is 6.92 Å². The van der Waals surface area contributed by atoms with Gasteiger partial charge in [0.25, 0.3) is 5.56 Å². The van der Waals surface area contributed by atoms with Gasteiger partial charge >= 0.3 is 5.97 Å². The van der Waals surface area contributed by atoms with Crippen molar-refractivity contribution in [1.29, 1.82) is 0 Å². The Morgan fingerprint density at radius 3 is 2.56 bits per heavy atom. The number of para-hydroxylation sites is 3. The van der Waals surface area contributed by atoms with E-state index in [2.05, 4.69) is 5.10 Å². The minimum absolute atomic E-state index is 0.299. The topological polar surface area (TPSA) is 91.6 Å². The van der Waals surface area contributed by atoms with E-state index in [0.717, 1.165) is 27.5 Å². The summed E-state index contributed by atoms with van der Waals surface area (Å²) in [5, 5.41) is 6.92. The molecule has 0 spiro atoms. The lowest BCUT2D eigenvalue weighted by Gasteiger charge is -2.16. The fourth-order valence-electron chi connectivity index (χ4n) is 5.04. The molecule has 0 fully saturated rings. The first-order chi connectivity index (χ1) is 19.0. The van der Waals surface area contributed by atoms with E-state index in [1.807, 2.05) is 79.1 Å². The number of nitrogens with zero attached hydrogens (tertiary/aromatic N) is 4. The molecular formula is C31H26N4O4. The third kappa shape index (κ3) is 4.10. The molecular weight excluding hydrogens is 492 g/mol. The van der Waals surface area contributed by atoms with Crippen molar-refractivity contribution < 1.29 is 13.9 Å². The molecule has 0 saturated carbocycles. The molecule has 8 nitrogen and oxygen atoms in total. The molecule has 0 aliphatic heterocycles. The molecule has 1 atom stereocenters. The van der Waals surface area contributed by atoms with Crippen LogP contribution < -0.4 is 5.56 Å². The summed E-state index contributed by atoms with van der Waals surface area (Å²) in [5.41, 5.74) is 3.43. The van der Waals surface area contributed by atoms with E-state index in [1.165, 1.54) is 4.68 Å². The fraction of sp³-hybridized carbons (Fsp3) is 0.161. The summed E-state index contributed by atoms with van der Waals surface area (Å²) in [4.78, 5) is 31.1. The van der Waals surface area contributed by atoms with Crippen LogP contribution in [-0.4, -0.2) is 33.0 Å². The molecule has 0 aliphatic carbocycles. The minimum atomic E-state index is -0.534. The first-order valence-electron chi connectivity index (χ1n) is 12.8. The summed E-state index contributed by atoms with van der Waals surface area (Å²) in [6.07, 6.45) is 1.65. The predicted octanol–water partition coefficient (Wildman–Crippen LogP) is 6.08. The van der Waals surface area contributed by atoms with Crippen LogP contribution in [-0.2, 0) is 9.53 Å². The van der Waals surface area contributed by atoms with Crippen LogP contribution in [0.25, 0.3) is 44.4 Å². The van der Waals surface area contributed by atoms with E-state index >= 15 is 0 Å². The van der Waals surface area contributed by atoms with Crippen molar-refractivity contribution in [1.82, 2.24) is 14.2 Å². The van der Waals surface area contributed by atoms with Crippen molar-refractivity contribution in [3.8, 4) is 11.6 Å². The van der Waals surface area contributed by atoms with Crippen LogP contribution in [0.15, 0.2) is 93.2 Å².